The highest BCUT2D eigenvalue weighted by molar-refractivity contribution is 7.13. The van der Waals surface area contributed by atoms with Crippen LogP contribution in [0, 0.1) is 0 Å². The Morgan fingerprint density at radius 2 is 2.04 bits per heavy atom. The Labute approximate surface area is 148 Å². The van der Waals surface area contributed by atoms with E-state index in [1.807, 2.05) is 17.5 Å². The molecule has 0 saturated heterocycles. The fourth-order valence-electron chi connectivity index (χ4n) is 2.38. The van der Waals surface area contributed by atoms with Gasteiger partial charge in [-0.15, -0.1) is 11.3 Å². The standard InChI is InChI=1S/C18H17N3O3S/c1-12(22)24-14-6-4-13(5-7-14)18(23)19-9-8-15-17(21-11-20-15)16-3-2-10-25-16/h2-7,10-11H,8-9H2,1H3,(H,19,23)(H,20,21). The molecule has 3 rings (SSSR count). The minimum Gasteiger partial charge on any atom is -0.427 e. The van der Waals surface area contributed by atoms with Crippen molar-refractivity contribution in [3.63, 3.8) is 0 Å². The summed E-state index contributed by atoms with van der Waals surface area (Å²) < 4.78 is 4.95. The van der Waals surface area contributed by atoms with E-state index in [9.17, 15) is 9.59 Å². The molecule has 0 saturated carbocycles. The van der Waals surface area contributed by atoms with Gasteiger partial charge in [0.2, 0.25) is 0 Å². The van der Waals surface area contributed by atoms with Gasteiger partial charge in [0.15, 0.2) is 0 Å². The number of esters is 1. The van der Waals surface area contributed by atoms with Crippen molar-refractivity contribution in [1.29, 1.82) is 0 Å². The molecule has 25 heavy (non-hydrogen) atoms. The predicted octanol–water partition coefficient (Wildman–Crippen LogP) is 3.04. The van der Waals surface area contributed by atoms with Crippen molar-refractivity contribution in [3.8, 4) is 16.3 Å². The molecule has 2 aromatic heterocycles. The fourth-order valence-corrected chi connectivity index (χ4v) is 3.13. The Morgan fingerprint density at radius 1 is 1.24 bits per heavy atom. The van der Waals surface area contributed by atoms with E-state index < -0.39 is 5.97 Å². The van der Waals surface area contributed by atoms with Crippen LogP contribution in [-0.4, -0.2) is 28.4 Å². The Hall–Kier alpha value is -2.93. The third kappa shape index (κ3) is 4.33. The number of amides is 1. The molecule has 128 valence electrons. The number of ether oxygens (including phenoxy) is 1. The molecule has 0 aliphatic rings. The van der Waals surface area contributed by atoms with Gasteiger partial charge >= 0.3 is 5.97 Å². The van der Waals surface area contributed by atoms with E-state index in [1.165, 1.54) is 6.92 Å². The lowest BCUT2D eigenvalue weighted by Gasteiger charge is -2.06. The van der Waals surface area contributed by atoms with Crippen molar-refractivity contribution in [2.45, 2.75) is 13.3 Å². The molecular formula is C18H17N3O3S. The van der Waals surface area contributed by atoms with Crippen molar-refractivity contribution in [2.24, 2.45) is 0 Å². The first-order valence-corrected chi connectivity index (χ1v) is 8.64. The van der Waals surface area contributed by atoms with Crippen LogP contribution in [0.5, 0.6) is 5.75 Å². The SMILES string of the molecule is CC(=O)Oc1ccc(C(=O)NCCc2[nH]cnc2-c2cccs2)cc1. The molecule has 0 aliphatic carbocycles. The Bertz CT molecular complexity index is 854. The quantitative estimate of drug-likeness (QED) is 0.526. The number of hydrogen-bond acceptors (Lipinski definition) is 5. The number of benzene rings is 1. The highest BCUT2D eigenvalue weighted by Crippen LogP contribution is 2.25. The first-order valence-electron chi connectivity index (χ1n) is 7.76. The van der Waals surface area contributed by atoms with Gasteiger partial charge < -0.3 is 15.0 Å². The van der Waals surface area contributed by atoms with Crippen molar-refractivity contribution in [1.82, 2.24) is 15.3 Å². The Morgan fingerprint density at radius 3 is 2.72 bits per heavy atom. The summed E-state index contributed by atoms with van der Waals surface area (Å²) in [5.74, 6) is -0.146. The lowest BCUT2D eigenvalue weighted by atomic mass is 10.2. The maximum Gasteiger partial charge on any atom is 0.308 e. The number of nitrogens with zero attached hydrogens (tertiary/aromatic N) is 1. The lowest BCUT2D eigenvalue weighted by molar-refractivity contribution is -0.131. The van der Waals surface area contributed by atoms with Crippen LogP contribution in [0.2, 0.25) is 0 Å². The largest absolute Gasteiger partial charge is 0.427 e. The third-order valence-electron chi connectivity index (χ3n) is 3.51. The van der Waals surface area contributed by atoms with Crippen LogP contribution >= 0.6 is 11.3 Å². The van der Waals surface area contributed by atoms with Crippen LogP contribution in [0.15, 0.2) is 48.1 Å². The van der Waals surface area contributed by atoms with E-state index in [1.54, 1.807) is 41.9 Å². The van der Waals surface area contributed by atoms with E-state index in [-0.39, 0.29) is 5.91 Å². The summed E-state index contributed by atoms with van der Waals surface area (Å²) in [6.07, 6.45) is 2.32. The van der Waals surface area contributed by atoms with E-state index in [0.29, 0.717) is 24.3 Å². The number of carbonyl (C=O) groups is 2. The van der Waals surface area contributed by atoms with Gasteiger partial charge in [0.25, 0.3) is 5.91 Å². The molecule has 0 radical (unpaired) electrons. The van der Waals surface area contributed by atoms with E-state index in [0.717, 1.165) is 16.3 Å². The van der Waals surface area contributed by atoms with Gasteiger partial charge in [-0.2, -0.15) is 0 Å². The molecular weight excluding hydrogens is 338 g/mol. The summed E-state index contributed by atoms with van der Waals surface area (Å²) >= 11 is 1.63. The van der Waals surface area contributed by atoms with E-state index >= 15 is 0 Å². The normalized spacial score (nSPS) is 10.4. The van der Waals surface area contributed by atoms with Crippen LogP contribution in [0.4, 0.5) is 0 Å². The number of imidazole rings is 1. The van der Waals surface area contributed by atoms with Gasteiger partial charge in [-0.3, -0.25) is 9.59 Å². The second-order valence-electron chi connectivity index (χ2n) is 5.33. The zero-order valence-corrected chi connectivity index (χ0v) is 14.4. The molecule has 3 aromatic rings. The second kappa shape index (κ2) is 7.76. The van der Waals surface area contributed by atoms with Crippen LogP contribution in [0.25, 0.3) is 10.6 Å². The molecule has 2 N–H and O–H groups in total. The van der Waals surface area contributed by atoms with E-state index in [2.05, 4.69) is 15.3 Å². The predicted molar refractivity (Wildman–Crippen MR) is 95.7 cm³/mol. The highest BCUT2D eigenvalue weighted by atomic mass is 32.1. The average Bonchev–Trinajstić information content (AvgIpc) is 3.26. The Balaban J connectivity index is 1.55. The first kappa shape index (κ1) is 16.9. The van der Waals surface area contributed by atoms with Gasteiger partial charge in [-0.1, -0.05) is 6.07 Å². The molecule has 0 aliphatic heterocycles. The van der Waals surface area contributed by atoms with Gasteiger partial charge in [-0.05, 0) is 35.7 Å². The van der Waals surface area contributed by atoms with Crippen molar-refractivity contribution in [3.05, 3.63) is 59.4 Å². The molecule has 1 amide bonds. The molecule has 0 unspecified atom stereocenters. The molecule has 2 heterocycles. The van der Waals surface area contributed by atoms with Crippen LogP contribution < -0.4 is 10.1 Å². The number of thiophene rings is 1. The molecule has 0 bridgehead atoms. The average molecular weight is 355 g/mol. The molecule has 0 atom stereocenters. The molecule has 0 spiro atoms. The van der Waals surface area contributed by atoms with Crippen molar-refractivity contribution in [2.75, 3.05) is 6.54 Å². The Kier molecular flexibility index (Phi) is 5.25. The number of carbonyl (C=O) groups excluding carboxylic acids is 2. The van der Waals surface area contributed by atoms with Gasteiger partial charge in [0.05, 0.1) is 11.2 Å². The van der Waals surface area contributed by atoms with Crippen molar-refractivity contribution < 1.29 is 14.3 Å². The third-order valence-corrected chi connectivity index (χ3v) is 4.39. The van der Waals surface area contributed by atoms with Crippen LogP contribution in [0.1, 0.15) is 23.0 Å². The lowest BCUT2D eigenvalue weighted by Crippen LogP contribution is -2.25. The topological polar surface area (TPSA) is 84.1 Å². The second-order valence-corrected chi connectivity index (χ2v) is 6.28. The summed E-state index contributed by atoms with van der Waals surface area (Å²) in [6, 6.07) is 10.5. The number of nitrogens with one attached hydrogen (secondary N) is 2. The summed E-state index contributed by atoms with van der Waals surface area (Å²) in [7, 11) is 0. The first-order chi connectivity index (χ1) is 12.1. The van der Waals surface area contributed by atoms with Gasteiger partial charge in [-0.25, -0.2) is 4.98 Å². The minimum atomic E-state index is -0.390. The summed E-state index contributed by atoms with van der Waals surface area (Å²) in [4.78, 5) is 31.6. The number of aromatic amines is 1. The fraction of sp³-hybridized carbons (Fsp3) is 0.167. The van der Waals surface area contributed by atoms with Crippen LogP contribution in [0.3, 0.4) is 0 Å². The minimum absolute atomic E-state index is 0.174. The van der Waals surface area contributed by atoms with E-state index in [4.69, 9.17) is 4.74 Å². The van der Waals surface area contributed by atoms with Gasteiger partial charge in [0, 0.05) is 31.1 Å². The summed E-state index contributed by atoms with van der Waals surface area (Å²) in [5, 5.41) is 4.89. The number of aromatic nitrogens is 2. The van der Waals surface area contributed by atoms with Gasteiger partial charge in [0.1, 0.15) is 11.4 Å². The highest BCUT2D eigenvalue weighted by Gasteiger charge is 2.10. The zero-order chi connectivity index (χ0) is 17.6. The zero-order valence-electron chi connectivity index (χ0n) is 13.6. The van der Waals surface area contributed by atoms with Crippen LogP contribution in [-0.2, 0) is 11.2 Å². The molecule has 6 nitrogen and oxygen atoms in total. The number of H-pyrrole nitrogens is 1. The molecule has 7 heteroatoms. The monoisotopic (exact) mass is 355 g/mol. The number of rotatable bonds is 6. The molecule has 0 fully saturated rings. The summed E-state index contributed by atoms with van der Waals surface area (Å²) in [6.45, 7) is 1.83. The summed E-state index contributed by atoms with van der Waals surface area (Å²) in [5.41, 5.74) is 2.43. The molecule has 1 aromatic carbocycles. The number of hydrogen-bond donors (Lipinski definition) is 2. The maximum absolute atomic E-state index is 12.2. The maximum atomic E-state index is 12.2. The smallest absolute Gasteiger partial charge is 0.308 e. The van der Waals surface area contributed by atoms with Crippen molar-refractivity contribution >= 4 is 23.2 Å².